The van der Waals surface area contributed by atoms with Crippen molar-refractivity contribution in [1.82, 2.24) is 15.5 Å². The molecule has 3 aromatic rings. The predicted octanol–water partition coefficient (Wildman–Crippen LogP) is 3.98. The van der Waals surface area contributed by atoms with Crippen molar-refractivity contribution in [2.75, 3.05) is 5.88 Å². The Hall–Kier alpha value is -3.66. The first kappa shape index (κ1) is 32.7. The molecule has 1 aliphatic carbocycles. The molecule has 238 valence electrons. The van der Waals surface area contributed by atoms with Gasteiger partial charge in [0, 0.05) is 23.6 Å². The molecule has 5 rings (SSSR count). The van der Waals surface area contributed by atoms with Crippen molar-refractivity contribution in [2.24, 2.45) is 5.92 Å². The number of fused-ring (bicyclic) bond motifs is 1. The van der Waals surface area contributed by atoms with Gasteiger partial charge in [-0.25, -0.2) is 0 Å². The van der Waals surface area contributed by atoms with Crippen LogP contribution in [-0.4, -0.2) is 61.7 Å². The van der Waals surface area contributed by atoms with Crippen LogP contribution in [0, 0.1) is 19.8 Å². The maximum Gasteiger partial charge on any atom is 0.252 e. The summed E-state index contributed by atoms with van der Waals surface area (Å²) >= 11 is 1.49. The van der Waals surface area contributed by atoms with Gasteiger partial charge < -0.3 is 25.7 Å². The van der Waals surface area contributed by atoms with Crippen LogP contribution in [0.4, 0.5) is 0 Å². The van der Waals surface area contributed by atoms with Crippen molar-refractivity contribution in [3.05, 3.63) is 106 Å². The molecule has 45 heavy (non-hydrogen) atoms. The first-order valence-electron chi connectivity index (χ1n) is 15.5. The minimum atomic E-state index is -1.49. The molecule has 1 aliphatic heterocycles. The molecule has 0 radical (unpaired) electrons. The molecule has 1 heterocycles. The van der Waals surface area contributed by atoms with E-state index in [-0.39, 0.29) is 24.1 Å². The zero-order valence-electron chi connectivity index (χ0n) is 26.3. The zero-order valence-corrected chi connectivity index (χ0v) is 27.1. The molecule has 8 nitrogen and oxygen atoms in total. The molecule has 0 saturated carbocycles. The van der Waals surface area contributed by atoms with E-state index >= 15 is 0 Å². The van der Waals surface area contributed by atoms with Gasteiger partial charge in [0.05, 0.1) is 18.0 Å². The number of aliphatic hydroxyl groups excluding tert-OH is 2. The quantitative estimate of drug-likeness (QED) is 0.270. The smallest absolute Gasteiger partial charge is 0.252 e. The summed E-state index contributed by atoms with van der Waals surface area (Å²) in [6.45, 7) is 8.21. The predicted molar refractivity (Wildman–Crippen MR) is 176 cm³/mol. The molecule has 5 atom stereocenters. The summed E-state index contributed by atoms with van der Waals surface area (Å²) in [5.74, 6) is -1.68. The van der Waals surface area contributed by atoms with Crippen molar-refractivity contribution in [1.29, 1.82) is 0 Å². The van der Waals surface area contributed by atoms with Crippen LogP contribution >= 0.6 is 11.8 Å². The zero-order chi connectivity index (χ0) is 32.3. The average molecular weight is 630 g/mol. The Morgan fingerprint density at radius 3 is 2.36 bits per heavy atom. The fraction of sp³-hybridized carbons (Fsp3) is 0.417. The molecule has 0 aromatic heterocycles. The number of hydrogen-bond donors (Lipinski definition) is 4. The van der Waals surface area contributed by atoms with Crippen LogP contribution in [0.5, 0.6) is 0 Å². The Labute approximate surface area is 269 Å². The van der Waals surface area contributed by atoms with Crippen LogP contribution in [-0.2, 0) is 33.8 Å². The normalized spacial score (nSPS) is 21.6. The number of amides is 3. The van der Waals surface area contributed by atoms with Crippen LogP contribution in [0.15, 0.2) is 72.8 Å². The number of nitrogens with one attached hydrogen (secondary N) is 2. The number of benzene rings is 3. The number of thioether (sulfide) groups is 1. The third kappa shape index (κ3) is 7.27. The fourth-order valence-electron chi connectivity index (χ4n) is 6.58. The van der Waals surface area contributed by atoms with Gasteiger partial charge in [0.2, 0.25) is 11.8 Å². The molecule has 3 amide bonds. The molecule has 0 unspecified atom stereocenters. The monoisotopic (exact) mass is 629 g/mol. The topological polar surface area (TPSA) is 119 Å². The van der Waals surface area contributed by atoms with Gasteiger partial charge >= 0.3 is 0 Å². The maximum absolute atomic E-state index is 13.8. The molecule has 9 heteroatoms. The minimum Gasteiger partial charge on any atom is -0.390 e. The number of carbonyl (C=O) groups is 3. The van der Waals surface area contributed by atoms with E-state index in [1.807, 2.05) is 100 Å². The molecule has 2 aliphatic rings. The molecular weight excluding hydrogens is 586 g/mol. The second-order valence-corrected chi connectivity index (χ2v) is 14.4. The molecule has 1 fully saturated rings. The van der Waals surface area contributed by atoms with E-state index < -0.39 is 40.9 Å². The highest BCUT2D eigenvalue weighted by Crippen LogP contribution is 2.40. The lowest BCUT2D eigenvalue weighted by molar-refractivity contribution is -0.147. The standard InChI is InChI=1S/C36H43N3O5S/c1-22-11-10-12-23(2)28(22)20-37-34(43)32-36(3,4)45-21-39(32)35(44)30(41)19-26(17-24-13-6-5-7-14-24)33(42)38-31-27-16-9-8-15-25(27)18-29(31)40/h5-16,26,29-32,40-41H,17-21H2,1-4H3,(H,37,43)(H,38,42)/t26-,29+,30-,31-,32+/m0/s1. The first-order chi connectivity index (χ1) is 21.5. The van der Waals surface area contributed by atoms with Crippen LogP contribution in [0.2, 0.25) is 0 Å². The van der Waals surface area contributed by atoms with Gasteiger partial charge in [-0.2, -0.15) is 0 Å². The van der Waals surface area contributed by atoms with Gasteiger partial charge in [0.25, 0.3) is 5.91 Å². The second-order valence-electron chi connectivity index (χ2n) is 12.8. The Bertz CT molecular complexity index is 1520. The molecule has 0 spiro atoms. The van der Waals surface area contributed by atoms with Crippen molar-refractivity contribution in [3.63, 3.8) is 0 Å². The largest absolute Gasteiger partial charge is 0.390 e. The van der Waals surface area contributed by atoms with Gasteiger partial charge in [-0.3, -0.25) is 14.4 Å². The average Bonchev–Trinajstić information content (AvgIpc) is 3.50. The highest BCUT2D eigenvalue weighted by atomic mass is 32.2. The van der Waals surface area contributed by atoms with Crippen LogP contribution < -0.4 is 10.6 Å². The van der Waals surface area contributed by atoms with Crippen molar-refractivity contribution < 1.29 is 24.6 Å². The van der Waals surface area contributed by atoms with Gasteiger partial charge in [-0.1, -0.05) is 72.8 Å². The third-order valence-corrected chi connectivity index (χ3v) is 10.5. The van der Waals surface area contributed by atoms with Gasteiger partial charge in [0.15, 0.2) is 0 Å². The number of carbonyl (C=O) groups excluding carboxylic acids is 3. The lowest BCUT2D eigenvalue weighted by Gasteiger charge is -2.32. The van der Waals surface area contributed by atoms with E-state index in [9.17, 15) is 24.6 Å². The lowest BCUT2D eigenvalue weighted by atomic mass is 9.91. The van der Waals surface area contributed by atoms with Crippen LogP contribution in [0.3, 0.4) is 0 Å². The van der Waals surface area contributed by atoms with E-state index in [0.717, 1.165) is 33.4 Å². The number of aliphatic hydroxyl groups is 2. The number of aryl methyl sites for hydroxylation is 2. The third-order valence-electron chi connectivity index (χ3n) is 9.15. The summed E-state index contributed by atoms with van der Waals surface area (Å²) in [7, 11) is 0. The van der Waals surface area contributed by atoms with Crippen LogP contribution in [0.25, 0.3) is 0 Å². The molecule has 1 saturated heterocycles. The van der Waals surface area contributed by atoms with E-state index in [0.29, 0.717) is 19.4 Å². The van der Waals surface area contributed by atoms with Gasteiger partial charge in [-0.05, 0) is 73.9 Å². The summed E-state index contributed by atoms with van der Waals surface area (Å²) in [6, 6.07) is 21.7. The summed E-state index contributed by atoms with van der Waals surface area (Å²) in [5.41, 5.74) is 5.95. The number of hydrogen-bond acceptors (Lipinski definition) is 6. The number of nitrogens with zero attached hydrogens (tertiary/aromatic N) is 1. The SMILES string of the molecule is Cc1cccc(C)c1CNC(=O)[C@H]1N(C(=O)[C@@H](O)C[C@H](Cc2ccccc2)C(=O)N[C@H]2c3ccccc3C[C@H]2O)CSC1(C)C. The molecule has 3 aromatic carbocycles. The first-order valence-corrected chi connectivity index (χ1v) is 16.5. The van der Waals surface area contributed by atoms with Crippen molar-refractivity contribution in [2.45, 2.75) is 82.5 Å². The van der Waals surface area contributed by atoms with Crippen molar-refractivity contribution >= 4 is 29.5 Å². The fourth-order valence-corrected chi connectivity index (χ4v) is 7.72. The summed E-state index contributed by atoms with van der Waals surface area (Å²) < 4.78 is -0.576. The summed E-state index contributed by atoms with van der Waals surface area (Å²) in [5, 5.41) is 28.1. The summed E-state index contributed by atoms with van der Waals surface area (Å²) in [6.07, 6.45) is -1.62. The van der Waals surface area contributed by atoms with Gasteiger partial charge in [-0.15, -0.1) is 11.8 Å². The van der Waals surface area contributed by atoms with Crippen molar-refractivity contribution in [3.8, 4) is 0 Å². The lowest BCUT2D eigenvalue weighted by Crippen LogP contribution is -2.55. The van der Waals surface area contributed by atoms with Crippen LogP contribution in [0.1, 0.15) is 59.7 Å². The summed E-state index contributed by atoms with van der Waals surface area (Å²) in [4.78, 5) is 42.6. The second kappa shape index (κ2) is 13.8. The Morgan fingerprint density at radius 1 is 0.978 bits per heavy atom. The Balaban J connectivity index is 1.31. The molecule has 4 N–H and O–H groups in total. The number of rotatable bonds is 10. The van der Waals surface area contributed by atoms with E-state index in [2.05, 4.69) is 10.6 Å². The van der Waals surface area contributed by atoms with E-state index in [4.69, 9.17) is 0 Å². The highest BCUT2D eigenvalue weighted by molar-refractivity contribution is 8.00. The van der Waals surface area contributed by atoms with E-state index in [1.165, 1.54) is 16.7 Å². The van der Waals surface area contributed by atoms with Gasteiger partial charge in [0.1, 0.15) is 12.1 Å². The van der Waals surface area contributed by atoms with E-state index in [1.54, 1.807) is 0 Å². The highest BCUT2D eigenvalue weighted by Gasteiger charge is 2.49. The maximum atomic E-state index is 13.8. The minimum absolute atomic E-state index is 0.123. The molecular formula is C36H43N3O5S. The molecule has 0 bridgehead atoms. The Kier molecular flexibility index (Phi) is 10.0. The Morgan fingerprint density at radius 2 is 1.64 bits per heavy atom.